The molecule has 0 bridgehead atoms. The van der Waals surface area contributed by atoms with Crippen LogP contribution in [0.5, 0.6) is 0 Å². The maximum atomic E-state index is 11.0. The van der Waals surface area contributed by atoms with Crippen LogP contribution in [0.3, 0.4) is 0 Å². The molecule has 0 spiro atoms. The minimum atomic E-state index is -0.705. The molecular weight excluding hydrogens is 240 g/mol. The van der Waals surface area contributed by atoms with Crippen LogP contribution in [0, 0.1) is 10.8 Å². The molecule has 4 heteroatoms. The molecule has 1 aliphatic carbocycles. The first-order chi connectivity index (χ1) is 8.62. The molecule has 0 atom stereocenters. The number of hydrogen-bond donors (Lipinski definition) is 3. The Bertz CT molecular complexity index is 343. The largest absolute Gasteiger partial charge is 0.481 e. The highest BCUT2D eigenvalue weighted by atomic mass is 16.4. The first-order valence-electron chi connectivity index (χ1n) is 7.32. The van der Waals surface area contributed by atoms with E-state index in [-0.39, 0.29) is 12.0 Å². The maximum absolute atomic E-state index is 11.0. The van der Waals surface area contributed by atoms with Crippen LogP contribution in [0.4, 0.5) is 0 Å². The van der Waals surface area contributed by atoms with Gasteiger partial charge in [-0.05, 0) is 30.1 Å². The summed E-state index contributed by atoms with van der Waals surface area (Å²) in [4.78, 5) is 11.0. The fourth-order valence-corrected chi connectivity index (χ4v) is 4.38. The van der Waals surface area contributed by atoms with E-state index in [1.165, 1.54) is 6.42 Å². The number of carboxylic acid groups (broad SMARTS) is 1. The highest BCUT2D eigenvalue weighted by Crippen LogP contribution is 2.46. The molecule has 1 heterocycles. The third kappa shape index (κ3) is 3.69. The Balaban J connectivity index is 2.03. The lowest BCUT2D eigenvalue weighted by Crippen LogP contribution is -2.71. The summed E-state index contributed by atoms with van der Waals surface area (Å²) in [6.45, 7) is 10.8. The Kier molecular flexibility index (Phi) is 3.69. The van der Waals surface area contributed by atoms with Crippen molar-refractivity contribution in [2.24, 2.45) is 10.8 Å². The van der Waals surface area contributed by atoms with Crippen molar-refractivity contribution < 1.29 is 9.90 Å². The van der Waals surface area contributed by atoms with E-state index in [1.807, 2.05) is 0 Å². The molecule has 1 saturated carbocycles. The van der Waals surface area contributed by atoms with Crippen LogP contribution in [-0.4, -0.2) is 35.7 Å². The van der Waals surface area contributed by atoms with E-state index >= 15 is 0 Å². The second-order valence-corrected chi connectivity index (χ2v) is 8.21. The Morgan fingerprint density at radius 1 is 1.21 bits per heavy atom. The average Bonchev–Trinajstić information content (AvgIpc) is 2.07. The summed E-state index contributed by atoms with van der Waals surface area (Å²) >= 11 is 0. The van der Waals surface area contributed by atoms with Crippen molar-refractivity contribution in [2.45, 2.75) is 65.0 Å². The third-order valence-electron chi connectivity index (χ3n) is 4.48. The van der Waals surface area contributed by atoms with E-state index in [0.717, 1.165) is 25.9 Å². The molecule has 4 nitrogen and oxygen atoms in total. The van der Waals surface area contributed by atoms with E-state index in [2.05, 4.69) is 38.3 Å². The van der Waals surface area contributed by atoms with Crippen LogP contribution in [0.15, 0.2) is 0 Å². The summed E-state index contributed by atoms with van der Waals surface area (Å²) in [7, 11) is 0. The zero-order chi connectivity index (χ0) is 14.3. The topological polar surface area (TPSA) is 61.4 Å². The lowest BCUT2D eigenvalue weighted by molar-refractivity contribution is -0.139. The van der Waals surface area contributed by atoms with Gasteiger partial charge in [-0.3, -0.25) is 4.79 Å². The van der Waals surface area contributed by atoms with Gasteiger partial charge in [0.25, 0.3) is 0 Å². The summed E-state index contributed by atoms with van der Waals surface area (Å²) in [6, 6.07) is 0.431. The van der Waals surface area contributed by atoms with Crippen molar-refractivity contribution in [2.75, 3.05) is 13.1 Å². The van der Waals surface area contributed by atoms with Gasteiger partial charge >= 0.3 is 5.97 Å². The molecule has 110 valence electrons. The molecule has 2 fully saturated rings. The summed E-state index contributed by atoms with van der Waals surface area (Å²) in [5.41, 5.74) is 0.446. The van der Waals surface area contributed by atoms with Gasteiger partial charge in [0.1, 0.15) is 0 Å². The molecule has 0 unspecified atom stereocenters. The fourth-order valence-electron chi connectivity index (χ4n) is 4.38. The quantitative estimate of drug-likeness (QED) is 0.730. The fraction of sp³-hybridized carbons (Fsp3) is 0.933. The van der Waals surface area contributed by atoms with Crippen molar-refractivity contribution in [1.82, 2.24) is 10.6 Å². The highest BCUT2D eigenvalue weighted by molar-refractivity contribution is 5.68. The van der Waals surface area contributed by atoms with Crippen molar-refractivity contribution in [3.63, 3.8) is 0 Å². The summed E-state index contributed by atoms with van der Waals surface area (Å²) in [5.74, 6) is -0.705. The smallest absolute Gasteiger partial charge is 0.305 e. The Hall–Kier alpha value is -0.610. The molecule has 1 aliphatic heterocycles. The summed E-state index contributed by atoms with van der Waals surface area (Å²) < 4.78 is 0. The molecule has 2 aliphatic rings. The van der Waals surface area contributed by atoms with Gasteiger partial charge in [-0.1, -0.05) is 27.7 Å². The zero-order valence-corrected chi connectivity index (χ0v) is 12.7. The summed E-state index contributed by atoms with van der Waals surface area (Å²) in [6.07, 6.45) is 3.73. The van der Waals surface area contributed by atoms with Crippen molar-refractivity contribution in [3.05, 3.63) is 0 Å². The van der Waals surface area contributed by atoms with Crippen molar-refractivity contribution >= 4 is 5.97 Å². The molecule has 0 radical (unpaired) electrons. The number of nitrogens with one attached hydrogen (secondary N) is 2. The van der Waals surface area contributed by atoms with Gasteiger partial charge in [0.15, 0.2) is 0 Å². The van der Waals surface area contributed by atoms with Crippen LogP contribution < -0.4 is 10.6 Å². The van der Waals surface area contributed by atoms with E-state index in [1.54, 1.807) is 0 Å². The highest BCUT2D eigenvalue weighted by Gasteiger charge is 2.45. The Morgan fingerprint density at radius 2 is 1.74 bits per heavy atom. The first kappa shape index (κ1) is 14.8. The molecule has 0 aromatic heterocycles. The third-order valence-corrected chi connectivity index (χ3v) is 4.48. The molecule has 1 saturated heterocycles. The molecular formula is C15H28N2O2. The molecule has 19 heavy (non-hydrogen) atoms. The van der Waals surface area contributed by atoms with Gasteiger partial charge < -0.3 is 15.7 Å². The lowest BCUT2D eigenvalue weighted by Gasteiger charge is -2.51. The molecule has 0 aromatic carbocycles. The Morgan fingerprint density at radius 3 is 2.11 bits per heavy atom. The maximum Gasteiger partial charge on any atom is 0.305 e. The minimum absolute atomic E-state index is 0.220. The van der Waals surface area contributed by atoms with E-state index < -0.39 is 5.97 Å². The number of hydrogen-bond acceptors (Lipinski definition) is 3. The average molecular weight is 268 g/mol. The standard InChI is InChI=1S/C15H28N2O2/c1-13(2)5-11(6-14(3,4)8-13)17-15(7-12(18)19)9-16-10-15/h11,16-17H,5-10H2,1-4H3,(H,18,19). The Labute approximate surface area is 116 Å². The first-order valence-corrected chi connectivity index (χ1v) is 7.32. The minimum Gasteiger partial charge on any atom is -0.481 e. The van der Waals surface area contributed by atoms with E-state index in [0.29, 0.717) is 16.9 Å². The van der Waals surface area contributed by atoms with Gasteiger partial charge in [0, 0.05) is 19.1 Å². The molecule has 0 aromatic rings. The van der Waals surface area contributed by atoms with Crippen LogP contribution in [0.1, 0.15) is 53.4 Å². The zero-order valence-electron chi connectivity index (χ0n) is 12.7. The van der Waals surface area contributed by atoms with Gasteiger partial charge in [0.05, 0.1) is 12.0 Å². The van der Waals surface area contributed by atoms with Crippen LogP contribution in [-0.2, 0) is 4.79 Å². The predicted octanol–water partition coefficient (Wildman–Crippen LogP) is 2.00. The van der Waals surface area contributed by atoms with Gasteiger partial charge in [-0.25, -0.2) is 0 Å². The van der Waals surface area contributed by atoms with Gasteiger partial charge in [0.2, 0.25) is 0 Å². The number of carboxylic acids is 1. The van der Waals surface area contributed by atoms with Crippen molar-refractivity contribution in [3.8, 4) is 0 Å². The van der Waals surface area contributed by atoms with Gasteiger partial charge in [-0.15, -0.1) is 0 Å². The molecule has 0 amide bonds. The van der Waals surface area contributed by atoms with E-state index in [9.17, 15) is 4.79 Å². The molecule has 2 rings (SSSR count). The van der Waals surface area contributed by atoms with Gasteiger partial charge in [-0.2, -0.15) is 0 Å². The van der Waals surface area contributed by atoms with Crippen LogP contribution >= 0.6 is 0 Å². The van der Waals surface area contributed by atoms with Crippen LogP contribution in [0.25, 0.3) is 0 Å². The second kappa shape index (κ2) is 4.74. The predicted molar refractivity (Wildman–Crippen MR) is 76.2 cm³/mol. The second-order valence-electron chi connectivity index (χ2n) is 8.21. The number of aliphatic carboxylic acids is 1. The number of rotatable bonds is 4. The SMILES string of the molecule is CC1(C)CC(NC2(CC(=O)O)CNC2)CC(C)(C)C1. The summed E-state index contributed by atoms with van der Waals surface area (Å²) in [5, 5.41) is 16.0. The monoisotopic (exact) mass is 268 g/mol. The van der Waals surface area contributed by atoms with E-state index in [4.69, 9.17) is 5.11 Å². The molecule has 3 N–H and O–H groups in total. The van der Waals surface area contributed by atoms with Crippen LogP contribution in [0.2, 0.25) is 0 Å². The number of carbonyl (C=O) groups is 1. The normalized spacial score (nSPS) is 28.6. The van der Waals surface area contributed by atoms with Crippen molar-refractivity contribution in [1.29, 1.82) is 0 Å². The lowest BCUT2D eigenvalue weighted by atomic mass is 9.63.